The number of carbonyl (C=O) groups excluding carboxylic acids is 1. The Kier molecular flexibility index (Phi) is 5.17. The first-order valence-electron chi connectivity index (χ1n) is 8.71. The topological polar surface area (TPSA) is 66.4 Å². The Bertz CT molecular complexity index is 723. The number of nitrogens with one attached hydrogen (secondary N) is 1. The van der Waals surface area contributed by atoms with Crippen molar-refractivity contribution in [2.45, 2.75) is 31.6 Å². The third-order valence-corrected chi connectivity index (χ3v) is 5.14. The summed E-state index contributed by atoms with van der Waals surface area (Å²) in [6, 6.07) is 19.1. The summed E-state index contributed by atoms with van der Waals surface area (Å²) in [6.07, 6.45) is 3.47. The van der Waals surface area contributed by atoms with E-state index >= 15 is 0 Å². The first kappa shape index (κ1) is 17.2. The van der Waals surface area contributed by atoms with Gasteiger partial charge in [0, 0.05) is 6.54 Å². The Hall–Kier alpha value is -2.62. The van der Waals surface area contributed by atoms with Crippen LogP contribution in [0.4, 0.5) is 0 Å². The highest BCUT2D eigenvalue weighted by Gasteiger charge is 2.44. The molecule has 1 atom stereocenters. The number of aliphatic carboxylic acids is 1. The largest absolute Gasteiger partial charge is 0.481 e. The molecular formula is C21H23NO3. The molecule has 0 radical (unpaired) electrons. The molecule has 1 unspecified atom stereocenters. The summed E-state index contributed by atoms with van der Waals surface area (Å²) in [5, 5.41) is 12.4. The lowest BCUT2D eigenvalue weighted by atomic mass is 9.64. The minimum Gasteiger partial charge on any atom is -0.481 e. The van der Waals surface area contributed by atoms with Crippen LogP contribution in [0.1, 0.15) is 36.3 Å². The van der Waals surface area contributed by atoms with Crippen molar-refractivity contribution in [1.29, 1.82) is 0 Å². The minimum absolute atomic E-state index is 0.0233. The van der Waals surface area contributed by atoms with Gasteiger partial charge in [-0.25, -0.2) is 0 Å². The number of carboxylic acids is 1. The normalized spacial score (nSPS) is 16.5. The van der Waals surface area contributed by atoms with Crippen molar-refractivity contribution in [2.75, 3.05) is 6.54 Å². The Morgan fingerprint density at radius 1 is 1.00 bits per heavy atom. The first-order chi connectivity index (χ1) is 12.1. The molecule has 2 N–H and O–H groups in total. The Balaban J connectivity index is 1.67. The molecule has 0 bridgehead atoms. The predicted octanol–water partition coefficient (Wildman–Crippen LogP) is 3.38. The maximum Gasteiger partial charge on any atom is 0.312 e. The molecule has 130 valence electrons. The van der Waals surface area contributed by atoms with E-state index in [9.17, 15) is 14.7 Å². The molecule has 0 aromatic heterocycles. The molecule has 1 aliphatic rings. The summed E-state index contributed by atoms with van der Waals surface area (Å²) in [5.74, 6) is -1.67. The third-order valence-electron chi connectivity index (χ3n) is 5.14. The molecule has 1 aliphatic carbocycles. The van der Waals surface area contributed by atoms with Crippen molar-refractivity contribution in [3.63, 3.8) is 0 Å². The zero-order valence-corrected chi connectivity index (χ0v) is 14.2. The fraction of sp³-hybridized carbons (Fsp3) is 0.333. The fourth-order valence-corrected chi connectivity index (χ4v) is 3.49. The maximum atomic E-state index is 12.8. The number of carboxylic acid groups (broad SMARTS) is 1. The van der Waals surface area contributed by atoms with E-state index < -0.39 is 11.9 Å². The number of carbonyl (C=O) groups is 2. The molecule has 2 aromatic rings. The zero-order chi connectivity index (χ0) is 17.7. The molecule has 0 heterocycles. The number of hydrogen-bond donors (Lipinski definition) is 2. The van der Waals surface area contributed by atoms with Crippen LogP contribution in [0.3, 0.4) is 0 Å². The lowest BCUT2D eigenvalue weighted by Crippen LogP contribution is -2.48. The Morgan fingerprint density at radius 3 is 2.12 bits per heavy atom. The van der Waals surface area contributed by atoms with E-state index in [2.05, 4.69) is 5.32 Å². The van der Waals surface area contributed by atoms with Gasteiger partial charge in [0.1, 0.15) is 0 Å². The van der Waals surface area contributed by atoms with E-state index in [0.717, 1.165) is 24.8 Å². The van der Waals surface area contributed by atoms with Crippen LogP contribution in [0.5, 0.6) is 0 Å². The number of rotatable bonds is 7. The molecule has 1 amide bonds. The summed E-state index contributed by atoms with van der Waals surface area (Å²) in [6.45, 7) is 0.120. The predicted molar refractivity (Wildman–Crippen MR) is 96.3 cm³/mol. The summed E-state index contributed by atoms with van der Waals surface area (Å²) in [7, 11) is 0. The quantitative estimate of drug-likeness (QED) is 0.814. The minimum atomic E-state index is -0.919. The molecule has 0 saturated heterocycles. The van der Waals surface area contributed by atoms with Crippen LogP contribution in [-0.2, 0) is 16.0 Å². The van der Waals surface area contributed by atoms with E-state index in [1.165, 1.54) is 0 Å². The van der Waals surface area contributed by atoms with E-state index in [1.807, 2.05) is 48.5 Å². The fourth-order valence-electron chi connectivity index (χ4n) is 3.49. The van der Waals surface area contributed by atoms with Gasteiger partial charge in [-0.2, -0.15) is 0 Å². The van der Waals surface area contributed by atoms with Crippen LogP contribution in [0, 0.1) is 5.41 Å². The van der Waals surface area contributed by atoms with Crippen LogP contribution in [0.15, 0.2) is 60.7 Å². The molecule has 3 rings (SSSR count). The van der Waals surface area contributed by atoms with Gasteiger partial charge in [0.15, 0.2) is 0 Å². The average molecular weight is 337 g/mol. The van der Waals surface area contributed by atoms with Crippen molar-refractivity contribution in [2.24, 2.45) is 5.41 Å². The van der Waals surface area contributed by atoms with Crippen molar-refractivity contribution < 1.29 is 14.7 Å². The van der Waals surface area contributed by atoms with Crippen molar-refractivity contribution in [3.8, 4) is 0 Å². The number of amides is 1. The number of hydrogen-bond acceptors (Lipinski definition) is 2. The van der Waals surface area contributed by atoms with Gasteiger partial charge in [0.2, 0.25) is 5.91 Å². The monoisotopic (exact) mass is 337 g/mol. The smallest absolute Gasteiger partial charge is 0.312 e. The zero-order valence-electron chi connectivity index (χ0n) is 14.2. The molecule has 0 spiro atoms. The van der Waals surface area contributed by atoms with Gasteiger partial charge in [-0.05, 0) is 30.4 Å². The molecule has 1 saturated carbocycles. The summed E-state index contributed by atoms with van der Waals surface area (Å²) < 4.78 is 0. The second kappa shape index (κ2) is 7.51. The first-order valence-corrected chi connectivity index (χ1v) is 8.71. The average Bonchev–Trinajstić information content (AvgIpc) is 2.59. The summed E-state index contributed by atoms with van der Waals surface area (Å²) in [5.41, 5.74) is 1.47. The van der Waals surface area contributed by atoms with Crippen molar-refractivity contribution >= 4 is 11.9 Å². The molecule has 1 fully saturated rings. The summed E-state index contributed by atoms with van der Waals surface area (Å²) >= 11 is 0. The lowest BCUT2D eigenvalue weighted by Gasteiger charge is -2.40. The second-order valence-electron chi connectivity index (χ2n) is 6.81. The molecule has 0 aliphatic heterocycles. The van der Waals surface area contributed by atoms with Gasteiger partial charge in [0.05, 0.1) is 11.3 Å². The molecular weight excluding hydrogens is 314 g/mol. The SMILES string of the molecule is O=C(O)C(CNC(=O)C1(Cc2ccccc2)CCC1)c1ccccc1. The highest BCUT2D eigenvalue weighted by molar-refractivity contribution is 5.85. The van der Waals surface area contributed by atoms with Gasteiger partial charge in [-0.3, -0.25) is 9.59 Å². The molecule has 2 aromatic carbocycles. The van der Waals surface area contributed by atoms with Crippen LogP contribution in [0.2, 0.25) is 0 Å². The molecule has 4 nitrogen and oxygen atoms in total. The van der Waals surface area contributed by atoms with E-state index in [1.54, 1.807) is 12.1 Å². The molecule has 25 heavy (non-hydrogen) atoms. The van der Waals surface area contributed by atoms with Gasteiger partial charge >= 0.3 is 5.97 Å². The Labute approximate surface area is 147 Å². The summed E-state index contributed by atoms with van der Waals surface area (Å²) in [4.78, 5) is 24.4. The number of benzene rings is 2. The maximum absolute atomic E-state index is 12.8. The molecule has 4 heteroatoms. The van der Waals surface area contributed by atoms with Crippen LogP contribution < -0.4 is 5.32 Å². The van der Waals surface area contributed by atoms with Crippen molar-refractivity contribution in [1.82, 2.24) is 5.32 Å². The second-order valence-corrected chi connectivity index (χ2v) is 6.81. The van der Waals surface area contributed by atoms with E-state index in [0.29, 0.717) is 12.0 Å². The van der Waals surface area contributed by atoms with Crippen LogP contribution in [-0.4, -0.2) is 23.5 Å². The third kappa shape index (κ3) is 3.90. The van der Waals surface area contributed by atoms with Gasteiger partial charge in [-0.15, -0.1) is 0 Å². The lowest BCUT2D eigenvalue weighted by molar-refractivity contribution is -0.139. The highest BCUT2D eigenvalue weighted by atomic mass is 16.4. The van der Waals surface area contributed by atoms with Gasteiger partial charge in [0.25, 0.3) is 0 Å². The van der Waals surface area contributed by atoms with Crippen LogP contribution >= 0.6 is 0 Å². The standard InChI is InChI=1S/C21H23NO3/c23-19(24)18(17-10-5-2-6-11-17)15-22-20(25)21(12-7-13-21)14-16-8-3-1-4-9-16/h1-6,8-11,18H,7,12-15H2,(H,22,25)(H,23,24). The van der Waals surface area contributed by atoms with Crippen molar-refractivity contribution in [3.05, 3.63) is 71.8 Å². The van der Waals surface area contributed by atoms with E-state index in [-0.39, 0.29) is 17.9 Å². The van der Waals surface area contributed by atoms with E-state index in [4.69, 9.17) is 0 Å². The van der Waals surface area contributed by atoms with Crippen LogP contribution in [0.25, 0.3) is 0 Å². The highest BCUT2D eigenvalue weighted by Crippen LogP contribution is 2.44. The van der Waals surface area contributed by atoms with Gasteiger partial charge in [-0.1, -0.05) is 67.1 Å². The Morgan fingerprint density at radius 2 is 1.60 bits per heavy atom. The van der Waals surface area contributed by atoms with Gasteiger partial charge < -0.3 is 10.4 Å².